The van der Waals surface area contributed by atoms with E-state index in [0.717, 1.165) is 12.8 Å². The molecule has 1 heteroatoms. The zero-order valence-corrected chi connectivity index (χ0v) is 8.69. The van der Waals surface area contributed by atoms with Crippen molar-refractivity contribution in [3.8, 4) is 6.07 Å². The molecule has 0 aliphatic rings. The number of nitrogens with zero attached hydrogens (tertiary/aromatic N) is 1. The van der Waals surface area contributed by atoms with E-state index in [0.29, 0.717) is 5.41 Å². The van der Waals surface area contributed by atoms with E-state index in [1.165, 1.54) is 25.7 Å². The summed E-state index contributed by atoms with van der Waals surface area (Å²) in [4.78, 5) is 0. The van der Waals surface area contributed by atoms with Crippen LogP contribution in [-0.4, -0.2) is 0 Å². The van der Waals surface area contributed by atoms with Gasteiger partial charge in [-0.15, -0.1) is 0 Å². The van der Waals surface area contributed by atoms with Gasteiger partial charge in [0.2, 0.25) is 0 Å². The summed E-state index contributed by atoms with van der Waals surface area (Å²) in [5.41, 5.74) is 0.490. The van der Waals surface area contributed by atoms with Gasteiger partial charge in [-0.1, -0.05) is 33.6 Å². The highest BCUT2D eigenvalue weighted by Gasteiger charge is 2.15. The van der Waals surface area contributed by atoms with Gasteiger partial charge < -0.3 is 0 Å². The summed E-state index contributed by atoms with van der Waals surface area (Å²) in [5, 5.41) is 8.35. The van der Waals surface area contributed by atoms with E-state index in [1.54, 1.807) is 0 Å². The molecule has 0 radical (unpaired) electrons. The molecule has 0 atom stereocenters. The van der Waals surface area contributed by atoms with E-state index in [4.69, 9.17) is 5.26 Å². The summed E-state index contributed by atoms with van der Waals surface area (Å²) in [5.74, 6) is 0. The molecule has 0 bridgehead atoms. The van der Waals surface area contributed by atoms with Crippen LogP contribution < -0.4 is 0 Å². The molecule has 0 aromatic carbocycles. The Labute approximate surface area is 76.8 Å². The molecule has 0 aliphatic carbocycles. The van der Waals surface area contributed by atoms with Gasteiger partial charge in [0.1, 0.15) is 0 Å². The molecule has 0 aliphatic heterocycles. The lowest BCUT2D eigenvalue weighted by Gasteiger charge is -2.23. The van der Waals surface area contributed by atoms with Crippen LogP contribution in [0.15, 0.2) is 0 Å². The fourth-order valence-electron chi connectivity index (χ4n) is 1.61. The standard InChI is InChI=1S/C11H21N/c1-4-8-11(2,3)9-6-5-7-10-12/h4-9H2,1-3H3. The summed E-state index contributed by atoms with van der Waals surface area (Å²) in [6.45, 7) is 6.88. The van der Waals surface area contributed by atoms with Gasteiger partial charge in [-0.2, -0.15) is 5.26 Å². The Morgan fingerprint density at radius 2 is 1.83 bits per heavy atom. The average Bonchev–Trinajstić information content (AvgIpc) is 1.98. The van der Waals surface area contributed by atoms with E-state index in [9.17, 15) is 0 Å². The molecule has 0 spiro atoms. The van der Waals surface area contributed by atoms with Crippen molar-refractivity contribution in [2.45, 2.75) is 59.3 Å². The average molecular weight is 167 g/mol. The number of hydrogen-bond acceptors (Lipinski definition) is 1. The minimum Gasteiger partial charge on any atom is -0.198 e. The molecule has 0 saturated carbocycles. The zero-order valence-electron chi connectivity index (χ0n) is 8.69. The van der Waals surface area contributed by atoms with Crippen molar-refractivity contribution in [1.29, 1.82) is 5.26 Å². The summed E-state index contributed by atoms with van der Waals surface area (Å²) >= 11 is 0. The highest BCUT2D eigenvalue weighted by Crippen LogP contribution is 2.28. The fourth-order valence-corrected chi connectivity index (χ4v) is 1.61. The molecule has 0 aromatic rings. The van der Waals surface area contributed by atoms with Crippen LogP contribution in [0.1, 0.15) is 59.3 Å². The van der Waals surface area contributed by atoms with Crippen molar-refractivity contribution < 1.29 is 0 Å². The number of hydrogen-bond donors (Lipinski definition) is 0. The Morgan fingerprint density at radius 1 is 1.17 bits per heavy atom. The van der Waals surface area contributed by atoms with Crippen molar-refractivity contribution in [3.05, 3.63) is 0 Å². The topological polar surface area (TPSA) is 23.8 Å². The second-order valence-corrected chi connectivity index (χ2v) is 4.28. The smallest absolute Gasteiger partial charge is 0.0621 e. The molecule has 0 heterocycles. The molecule has 0 saturated heterocycles. The first-order valence-corrected chi connectivity index (χ1v) is 4.99. The van der Waals surface area contributed by atoms with Gasteiger partial charge in [-0.05, 0) is 24.7 Å². The van der Waals surface area contributed by atoms with Crippen molar-refractivity contribution >= 4 is 0 Å². The third kappa shape index (κ3) is 6.22. The maximum atomic E-state index is 8.35. The molecular weight excluding hydrogens is 146 g/mol. The SMILES string of the molecule is CCCC(C)(C)CCCCC#N. The minimum atomic E-state index is 0.490. The lowest BCUT2D eigenvalue weighted by molar-refractivity contribution is 0.293. The van der Waals surface area contributed by atoms with Gasteiger partial charge in [-0.25, -0.2) is 0 Å². The Hall–Kier alpha value is -0.510. The van der Waals surface area contributed by atoms with E-state index in [-0.39, 0.29) is 0 Å². The van der Waals surface area contributed by atoms with E-state index in [2.05, 4.69) is 26.8 Å². The summed E-state index contributed by atoms with van der Waals surface area (Å²) < 4.78 is 0. The Morgan fingerprint density at radius 3 is 2.33 bits per heavy atom. The van der Waals surface area contributed by atoms with Crippen LogP contribution in [0.25, 0.3) is 0 Å². The third-order valence-corrected chi connectivity index (χ3v) is 2.32. The summed E-state index contributed by atoms with van der Waals surface area (Å²) in [7, 11) is 0. The highest BCUT2D eigenvalue weighted by atomic mass is 14.2. The number of unbranched alkanes of at least 4 members (excludes halogenated alkanes) is 2. The molecule has 0 aromatic heterocycles. The molecule has 70 valence electrons. The normalized spacial score (nSPS) is 11.2. The molecule has 0 N–H and O–H groups in total. The van der Waals surface area contributed by atoms with Gasteiger partial charge in [0.25, 0.3) is 0 Å². The Bertz CT molecular complexity index is 142. The fraction of sp³-hybridized carbons (Fsp3) is 0.909. The summed E-state index contributed by atoms with van der Waals surface area (Å²) in [6, 6.07) is 2.19. The van der Waals surface area contributed by atoms with Gasteiger partial charge >= 0.3 is 0 Å². The van der Waals surface area contributed by atoms with Gasteiger partial charge in [0, 0.05) is 6.42 Å². The summed E-state index contributed by atoms with van der Waals surface area (Å²) in [6.07, 6.45) is 6.85. The molecule has 1 nitrogen and oxygen atoms in total. The predicted octanol–water partition coefficient (Wildman–Crippen LogP) is 3.90. The first-order valence-electron chi connectivity index (χ1n) is 4.99. The number of rotatable bonds is 6. The Balaban J connectivity index is 3.41. The van der Waals surface area contributed by atoms with Crippen LogP contribution in [0.3, 0.4) is 0 Å². The maximum absolute atomic E-state index is 8.35. The van der Waals surface area contributed by atoms with Gasteiger partial charge in [-0.3, -0.25) is 0 Å². The molecule has 0 rings (SSSR count). The zero-order chi connectivity index (χ0) is 9.45. The van der Waals surface area contributed by atoms with Crippen LogP contribution in [0.5, 0.6) is 0 Å². The first-order chi connectivity index (χ1) is 5.62. The second kappa shape index (κ2) is 6.06. The third-order valence-electron chi connectivity index (χ3n) is 2.32. The largest absolute Gasteiger partial charge is 0.198 e. The van der Waals surface area contributed by atoms with Crippen molar-refractivity contribution in [2.24, 2.45) is 5.41 Å². The van der Waals surface area contributed by atoms with E-state index >= 15 is 0 Å². The van der Waals surface area contributed by atoms with E-state index in [1.807, 2.05) is 0 Å². The monoisotopic (exact) mass is 167 g/mol. The molecular formula is C11H21N. The van der Waals surface area contributed by atoms with Crippen molar-refractivity contribution in [1.82, 2.24) is 0 Å². The lowest BCUT2D eigenvalue weighted by atomic mass is 9.83. The van der Waals surface area contributed by atoms with Crippen LogP contribution in [0.4, 0.5) is 0 Å². The minimum absolute atomic E-state index is 0.490. The Kier molecular flexibility index (Phi) is 5.80. The van der Waals surface area contributed by atoms with Crippen molar-refractivity contribution in [3.63, 3.8) is 0 Å². The molecule has 0 fully saturated rings. The van der Waals surface area contributed by atoms with E-state index < -0.39 is 0 Å². The van der Waals surface area contributed by atoms with Crippen LogP contribution in [-0.2, 0) is 0 Å². The second-order valence-electron chi connectivity index (χ2n) is 4.28. The molecule has 0 unspecified atom stereocenters. The molecule has 0 amide bonds. The predicted molar refractivity (Wildman–Crippen MR) is 52.8 cm³/mol. The first kappa shape index (κ1) is 11.5. The van der Waals surface area contributed by atoms with Crippen molar-refractivity contribution in [2.75, 3.05) is 0 Å². The number of nitriles is 1. The quantitative estimate of drug-likeness (QED) is 0.550. The molecule has 12 heavy (non-hydrogen) atoms. The van der Waals surface area contributed by atoms with Crippen LogP contribution in [0, 0.1) is 16.7 Å². The lowest BCUT2D eigenvalue weighted by Crippen LogP contribution is -2.10. The van der Waals surface area contributed by atoms with Crippen LogP contribution >= 0.6 is 0 Å². The van der Waals surface area contributed by atoms with Gasteiger partial charge in [0.15, 0.2) is 0 Å². The van der Waals surface area contributed by atoms with Gasteiger partial charge in [0.05, 0.1) is 6.07 Å². The maximum Gasteiger partial charge on any atom is 0.0621 e. The van der Waals surface area contributed by atoms with Crippen LogP contribution in [0.2, 0.25) is 0 Å². The highest BCUT2D eigenvalue weighted by molar-refractivity contribution is 4.71.